The summed E-state index contributed by atoms with van der Waals surface area (Å²) in [6.07, 6.45) is 0. The molecule has 14 heavy (non-hydrogen) atoms. The van der Waals surface area contributed by atoms with Gasteiger partial charge in [-0.15, -0.1) is 5.10 Å². The van der Waals surface area contributed by atoms with Gasteiger partial charge in [0, 0.05) is 10.6 Å². The lowest BCUT2D eigenvalue weighted by Crippen LogP contribution is -1.83. The van der Waals surface area contributed by atoms with E-state index in [1.807, 2.05) is 18.2 Å². The van der Waals surface area contributed by atoms with Gasteiger partial charge in [0.15, 0.2) is 5.82 Å². The van der Waals surface area contributed by atoms with Gasteiger partial charge in [0.2, 0.25) is 0 Å². The first-order valence-electron chi connectivity index (χ1n) is 4.02. The van der Waals surface area contributed by atoms with Gasteiger partial charge in [-0.25, -0.2) is 0 Å². The number of methoxy groups -OCH3 is 1. The van der Waals surface area contributed by atoms with Crippen LogP contribution in [0.4, 0.5) is 0 Å². The maximum absolute atomic E-state index is 5.84. The largest absolute Gasteiger partial charge is 0.466 e. The number of hydrogen-bond acceptors (Lipinski definition) is 3. The van der Waals surface area contributed by atoms with Gasteiger partial charge in [0.05, 0.1) is 7.11 Å². The van der Waals surface area contributed by atoms with Crippen molar-refractivity contribution < 1.29 is 4.74 Å². The third-order valence-electron chi connectivity index (χ3n) is 1.75. The monoisotopic (exact) mass is 209 g/mol. The van der Waals surface area contributed by atoms with Crippen molar-refractivity contribution in [2.45, 2.75) is 0 Å². The first-order chi connectivity index (χ1) is 6.79. The van der Waals surface area contributed by atoms with Crippen LogP contribution in [0.15, 0.2) is 24.3 Å². The number of H-pyrrole nitrogens is 1. The predicted molar refractivity (Wildman–Crippen MR) is 53.4 cm³/mol. The SMILES string of the molecule is COc1n[nH]c(-c2cccc(Cl)c2)n1. The number of nitrogens with zero attached hydrogens (tertiary/aromatic N) is 2. The molecular weight excluding hydrogens is 202 g/mol. The Morgan fingerprint density at radius 3 is 2.93 bits per heavy atom. The van der Waals surface area contributed by atoms with Gasteiger partial charge in [0.25, 0.3) is 0 Å². The van der Waals surface area contributed by atoms with Gasteiger partial charge in [-0.1, -0.05) is 23.7 Å². The molecule has 0 radical (unpaired) electrons. The molecule has 1 aromatic heterocycles. The molecule has 4 nitrogen and oxygen atoms in total. The highest BCUT2D eigenvalue weighted by molar-refractivity contribution is 6.30. The van der Waals surface area contributed by atoms with Crippen molar-refractivity contribution >= 4 is 11.6 Å². The van der Waals surface area contributed by atoms with E-state index in [2.05, 4.69) is 15.2 Å². The summed E-state index contributed by atoms with van der Waals surface area (Å²) in [4.78, 5) is 4.09. The second kappa shape index (κ2) is 3.67. The normalized spacial score (nSPS) is 10.1. The average Bonchev–Trinajstić information content (AvgIpc) is 2.66. The Morgan fingerprint density at radius 2 is 2.29 bits per heavy atom. The van der Waals surface area contributed by atoms with Crippen LogP contribution in [0, 0.1) is 0 Å². The van der Waals surface area contributed by atoms with Crippen LogP contribution in [0.1, 0.15) is 0 Å². The van der Waals surface area contributed by atoms with Gasteiger partial charge < -0.3 is 4.74 Å². The third-order valence-corrected chi connectivity index (χ3v) is 1.98. The fourth-order valence-corrected chi connectivity index (χ4v) is 1.29. The van der Waals surface area contributed by atoms with Crippen LogP contribution in [0.3, 0.4) is 0 Å². The summed E-state index contributed by atoms with van der Waals surface area (Å²) in [5.41, 5.74) is 0.883. The summed E-state index contributed by atoms with van der Waals surface area (Å²) in [5, 5.41) is 7.26. The lowest BCUT2D eigenvalue weighted by molar-refractivity contribution is 0.382. The van der Waals surface area contributed by atoms with E-state index in [1.165, 1.54) is 7.11 Å². The minimum Gasteiger partial charge on any atom is -0.466 e. The van der Waals surface area contributed by atoms with Crippen LogP contribution >= 0.6 is 11.6 Å². The van der Waals surface area contributed by atoms with Crippen molar-refractivity contribution in [2.75, 3.05) is 7.11 Å². The van der Waals surface area contributed by atoms with Gasteiger partial charge in [-0.2, -0.15) is 4.98 Å². The highest BCUT2D eigenvalue weighted by atomic mass is 35.5. The number of nitrogens with one attached hydrogen (secondary N) is 1. The van der Waals surface area contributed by atoms with E-state index in [0.29, 0.717) is 16.9 Å². The summed E-state index contributed by atoms with van der Waals surface area (Å²) in [5.74, 6) is 0.643. The van der Waals surface area contributed by atoms with Gasteiger partial charge in [-0.05, 0) is 12.1 Å². The zero-order valence-electron chi connectivity index (χ0n) is 7.49. The van der Waals surface area contributed by atoms with Crippen molar-refractivity contribution in [1.82, 2.24) is 15.2 Å². The Bertz CT molecular complexity index is 441. The second-order valence-corrected chi connectivity index (χ2v) is 3.12. The lowest BCUT2D eigenvalue weighted by Gasteiger charge is -1.95. The Labute approximate surface area is 85.9 Å². The van der Waals surface area contributed by atoms with Crippen molar-refractivity contribution in [3.05, 3.63) is 29.3 Å². The number of rotatable bonds is 2. The standard InChI is InChI=1S/C9H8ClN3O/c1-14-9-11-8(12-13-9)6-3-2-4-7(10)5-6/h2-5H,1H3,(H,11,12,13). The summed E-state index contributed by atoms with van der Waals surface area (Å²) in [7, 11) is 1.52. The number of aromatic amines is 1. The molecule has 0 spiro atoms. The van der Waals surface area contributed by atoms with Crippen molar-refractivity contribution in [3.8, 4) is 17.4 Å². The minimum atomic E-state index is 0.319. The molecule has 5 heteroatoms. The molecule has 0 saturated carbocycles. The predicted octanol–water partition coefficient (Wildman–Crippen LogP) is 2.13. The van der Waals surface area contributed by atoms with E-state index in [1.54, 1.807) is 6.07 Å². The average molecular weight is 210 g/mol. The molecule has 0 bridgehead atoms. The van der Waals surface area contributed by atoms with E-state index in [0.717, 1.165) is 5.56 Å². The molecule has 0 aliphatic heterocycles. The maximum Gasteiger partial charge on any atom is 0.335 e. The number of ether oxygens (including phenoxy) is 1. The van der Waals surface area contributed by atoms with Crippen LogP contribution in [0.2, 0.25) is 5.02 Å². The van der Waals surface area contributed by atoms with E-state index >= 15 is 0 Å². The van der Waals surface area contributed by atoms with E-state index in [4.69, 9.17) is 16.3 Å². The highest BCUT2D eigenvalue weighted by Crippen LogP contribution is 2.20. The van der Waals surface area contributed by atoms with Crippen molar-refractivity contribution in [1.29, 1.82) is 0 Å². The van der Waals surface area contributed by atoms with E-state index in [9.17, 15) is 0 Å². The molecule has 0 amide bonds. The van der Waals surface area contributed by atoms with E-state index < -0.39 is 0 Å². The lowest BCUT2D eigenvalue weighted by atomic mass is 10.2. The summed E-state index contributed by atoms with van der Waals surface area (Å²) >= 11 is 5.84. The van der Waals surface area contributed by atoms with Crippen LogP contribution < -0.4 is 4.74 Å². The van der Waals surface area contributed by atoms with Crippen molar-refractivity contribution in [3.63, 3.8) is 0 Å². The molecule has 1 aromatic carbocycles. The van der Waals surface area contributed by atoms with Crippen LogP contribution in [-0.4, -0.2) is 22.3 Å². The summed E-state index contributed by atoms with van der Waals surface area (Å²) in [6, 6.07) is 7.68. The molecule has 0 unspecified atom stereocenters. The first-order valence-corrected chi connectivity index (χ1v) is 4.40. The molecule has 0 atom stereocenters. The second-order valence-electron chi connectivity index (χ2n) is 2.68. The number of aromatic nitrogens is 3. The Hall–Kier alpha value is -1.55. The molecule has 1 heterocycles. The summed E-state index contributed by atoms with van der Waals surface area (Å²) < 4.78 is 4.86. The van der Waals surface area contributed by atoms with Crippen molar-refractivity contribution in [2.24, 2.45) is 0 Å². The third kappa shape index (κ3) is 1.70. The Morgan fingerprint density at radius 1 is 1.43 bits per heavy atom. The van der Waals surface area contributed by atoms with Gasteiger partial charge in [-0.3, -0.25) is 5.10 Å². The molecule has 0 fully saturated rings. The Kier molecular flexibility index (Phi) is 2.37. The van der Waals surface area contributed by atoms with Crippen LogP contribution in [0.5, 0.6) is 6.01 Å². The molecule has 1 N–H and O–H groups in total. The van der Waals surface area contributed by atoms with Gasteiger partial charge in [0.1, 0.15) is 0 Å². The molecule has 2 rings (SSSR count). The van der Waals surface area contributed by atoms with Crippen LogP contribution in [-0.2, 0) is 0 Å². The maximum atomic E-state index is 5.84. The fourth-order valence-electron chi connectivity index (χ4n) is 1.10. The zero-order chi connectivity index (χ0) is 9.97. The topological polar surface area (TPSA) is 50.8 Å². The molecule has 72 valence electrons. The molecule has 0 aliphatic rings. The minimum absolute atomic E-state index is 0.319. The molecule has 0 aliphatic carbocycles. The first kappa shape index (κ1) is 9.02. The fraction of sp³-hybridized carbons (Fsp3) is 0.111. The Balaban J connectivity index is 2.39. The van der Waals surface area contributed by atoms with E-state index in [-0.39, 0.29) is 0 Å². The smallest absolute Gasteiger partial charge is 0.335 e. The summed E-state index contributed by atoms with van der Waals surface area (Å²) in [6.45, 7) is 0. The number of halogens is 1. The molecular formula is C9H8ClN3O. The van der Waals surface area contributed by atoms with Crippen LogP contribution in [0.25, 0.3) is 11.4 Å². The van der Waals surface area contributed by atoms with Gasteiger partial charge >= 0.3 is 6.01 Å². The quantitative estimate of drug-likeness (QED) is 0.825. The number of benzene rings is 1. The number of hydrogen-bond donors (Lipinski definition) is 1. The highest BCUT2D eigenvalue weighted by Gasteiger charge is 2.04. The molecule has 2 aromatic rings. The molecule has 0 saturated heterocycles. The zero-order valence-corrected chi connectivity index (χ0v) is 8.25.